The lowest BCUT2D eigenvalue weighted by Gasteiger charge is -2.42. The SMILES string of the molecule is CN=C(NC)NC[C@H]1CN2CCCC[C@@H]2CO1. The smallest absolute Gasteiger partial charge is 0.190 e. The molecule has 0 saturated carbocycles. The standard InChI is InChI=1S/C12H24N4O/c1-13-12(14-2)15-7-11-8-16-6-4-3-5-10(16)9-17-11/h10-11H,3-9H2,1-2H3,(H2,13,14,15)/t10-,11+/m1/s1. The number of morpholine rings is 1. The molecule has 0 aromatic heterocycles. The molecule has 2 saturated heterocycles. The van der Waals surface area contributed by atoms with Crippen molar-refractivity contribution in [2.75, 3.05) is 40.3 Å². The molecule has 2 aliphatic heterocycles. The number of ether oxygens (including phenoxy) is 1. The summed E-state index contributed by atoms with van der Waals surface area (Å²) in [5.74, 6) is 0.828. The van der Waals surface area contributed by atoms with E-state index in [9.17, 15) is 0 Å². The predicted octanol–water partition coefficient (Wildman–Crippen LogP) is 0.0345. The van der Waals surface area contributed by atoms with Gasteiger partial charge in [-0.25, -0.2) is 0 Å². The zero-order valence-electron chi connectivity index (χ0n) is 10.9. The number of hydrogen-bond acceptors (Lipinski definition) is 3. The van der Waals surface area contributed by atoms with Gasteiger partial charge in [-0.05, 0) is 19.4 Å². The molecule has 0 amide bonds. The van der Waals surface area contributed by atoms with Crippen molar-refractivity contribution in [3.8, 4) is 0 Å². The number of aliphatic imine (C=N–C) groups is 1. The minimum absolute atomic E-state index is 0.287. The Morgan fingerprint density at radius 2 is 2.35 bits per heavy atom. The molecule has 0 unspecified atom stereocenters. The van der Waals surface area contributed by atoms with Gasteiger partial charge < -0.3 is 15.4 Å². The largest absolute Gasteiger partial charge is 0.373 e. The molecule has 98 valence electrons. The Balaban J connectivity index is 1.76. The molecule has 2 N–H and O–H groups in total. The number of guanidine groups is 1. The quantitative estimate of drug-likeness (QED) is 0.528. The first-order chi connectivity index (χ1) is 8.33. The first kappa shape index (κ1) is 12.6. The van der Waals surface area contributed by atoms with Crippen LogP contribution in [-0.2, 0) is 4.74 Å². The van der Waals surface area contributed by atoms with E-state index in [2.05, 4.69) is 20.5 Å². The van der Waals surface area contributed by atoms with Crippen LogP contribution in [0.3, 0.4) is 0 Å². The number of rotatable bonds is 2. The van der Waals surface area contributed by atoms with E-state index in [0.717, 1.165) is 25.7 Å². The average molecular weight is 240 g/mol. The van der Waals surface area contributed by atoms with Crippen LogP contribution in [0.4, 0.5) is 0 Å². The van der Waals surface area contributed by atoms with Gasteiger partial charge in [0.1, 0.15) is 0 Å². The second-order valence-corrected chi connectivity index (χ2v) is 4.80. The maximum atomic E-state index is 5.90. The van der Waals surface area contributed by atoms with Crippen LogP contribution < -0.4 is 10.6 Å². The molecule has 0 spiro atoms. The van der Waals surface area contributed by atoms with Crippen LogP contribution in [0.1, 0.15) is 19.3 Å². The molecule has 0 aromatic rings. The minimum Gasteiger partial charge on any atom is -0.373 e. The predicted molar refractivity (Wildman–Crippen MR) is 69.4 cm³/mol. The second kappa shape index (κ2) is 6.21. The Hall–Kier alpha value is -0.810. The molecule has 2 rings (SSSR count). The molecular formula is C12H24N4O. The van der Waals surface area contributed by atoms with Crippen LogP contribution in [0.2, 0.25) is 0 Å². The monoisotopic (exact) mass is 240 g/mol. The van der Waals surface area contributed by atoms with Crippen LogP contribution >= 0.6 is 0 Å². The summed E-state index contributed by atoms with van der Waals surface area (Å²) in [5.41, 5.74) is 0. The van der Waals surface area contributed by atoms with Crippen molar-refractivity contribution in [1.82, 2.24) is 15.5 Å². The van der Waals surface area contributed by atoms with Crippen molar-refractivity contribution in [2.24, 2.45) is 4.99 Å². The summed E-state index contributed by atoms with van der Waals surface area (Å²) in [5, 5.41) is 6.29. The Labute approximate surface area is 104 Å². The molecular weight excluding hydrogens is 216 g/mol. The van der Waals surface area contributed by atoms with Gasteiger partial charge >= 0.3 is 0 Å². The van der Waals surface area contributed by atoms with Crippen molar-refractivity contribution in [3.63, 3.8) is 0 Å². The average Bonchev–Trinajstić information content (AvgIpc) is 2.40. The third kappa shape index (κ3) is 3.33. The summed E-state index contributed by atoms with van der Waals surface area (Å²) in [7, 11) is 3.65. The normalized spacial score (nSPS) is 30.8. The van der Waals surface area contributed by atoms with Crippen LogP contribution in [0.15, 0.2) is 4.99 Å². The fraction of sp³-hybridized carbons (Fsp3) is 0.917. The summed E-state index contributed by atoms with van der Waals surface area (Å²) in [6.45, 7) is 4.02. The molecule has 17 heavy (non-hydrogen) atoms. The summed E-state index contributed by atoms with van der Waals surface area (Å²) in [6, 6.07) is 0.670. The van der Waals surface area contributed by atoms with E-state index < -0.39 is 0 Å². The third-order valence-electron chi connectivity index (χ3n) is 3.67. The van der Waals surface area contributed by atoms with Gasteiger partial charge in [0.05, 0.1) is 12.7 Å². The summed E-state index contributed by atoms with van der Waals surface area (Å²) < 4.78 is 5.90. The molecule has 2 aliphatic rings. The number of nitrogens with one attached hydrogen (secondary N) is 2. The summed E-state index contributed by atoms with van der Waals surface area (Å²) >= 11 is 0. The number of piperidine rings is 1. The Kier molecular flexibility index (Phi) is 4.62. The molecule has 0 aromatic carbocycles. The van der Waals surface area contributed by atoms with Gasteiger partial charge in [-0.3, -0.25) is 9.89 Å². The van der Waals surface area contributed by atoms with E-state index in [1.54, 1.807) is 7.05 Å². The Morgan fingerprint density at radius 3 is 3.12 bits per heavy atom. The maximum absolute atomic E-state index is 5.90. The van der Waals surface area contributed by atoms with Crippen molar-refractivity contribution in [2.45, 2.75) is 31.4 Å². The molecule has 2 atom stereocenters. The van der Waals surface area contributed by atoms with Crippen molar-refractivity contribution >= 4 is 5.96 Å². The van der Waals surface area contributed by atoms with Gasteiger partial charge in [-0.1, -0.05) is 6.42 Å². The fourth-order valence-electron chi connectivity index (χ4n) is 2.66. The highest BCUT2D eigenvalue weighted by molar-refractivity contribution is 5.79. The summed E-state index contributed by atoms with van der Waals surface area (Å²) in [6.07, 6.45) is 4.29. The minimum atomic E-state index is 0.287. The molecule has 0 radical (unpaired) electrons. The zero-order chi connectivity index (χ0) is 12.1. The lowest BCUT2D eigenvalue weighted by molar-refractivity contribution is -0.0719. The second-order valence-electron chi connectivity index (χ2n) is 4.80. The van der Waals surface area contributed by atoms with Crippen molar-refractivity contribution in [1.29, 1.82) is 0 Å². The van der Waals surface area contributed by atoms with E-state index in [1.165, 1.54) is 25.8 Å². The van der Waals surface area contributed by atoms with E-state index in [0.29, 0.717) is 6.04 Å². The highest BCUT2D eigenvalue weighted by Crippen LogP contribution is 2.21. The molecule has 0 aliphatic carbocycles. The third-order valence-corrected chi connectivity index (χ3v) is 3.67. The number of nitrogens with zero attached hydrogens (tertiary/aromatic N) is 2. The summed E-state index contributed by atoms with van der Waals surface area (Å²) in [4.78, 5) is 6.68. The highest BCUT2D eigenvalue weighted by Gasteiger charge is 2.30. The maximum Gasteiger partial charge on any atom is 0.190 e. The van der Waals surface area contributed by atoms with Crippen LogP contribution in [0.25, 0.3) is 0 Å². The molecule has 5 nitrogen and oxygen atoms in total. The Morgan fingerprint density at radius 1 is 1.47 bits per heavy atom. The Bertz CT molecular complexity index is 269. The van der Waals surface area contributed by atoms with Crippen LogP contribution in [0.5, 0.6) is 0 Å². The van der Waals surface area contributed by atoms with Crippen molar-refractivity contribution in [3.05, 3.63) is 0 Å². The molecule has 0 bridgehead atoms. The first-order valence-electron chi connectivity index (χ1n) is 6.57. The molecule has 5 heteroatoms. The van der Waals surface area contributed by atoms with Crippen LogP contribution in [-0.4, -0.2) is 63.3 Å². The van der Waals surface area contributed by atoms with E-state index >= 15 is 0 Å². The van der Waals surface area contributed by atoms with Gasteiger partial charge in [-0.2, -0.15) is 0 Å². The van der Waals surface area contributed by atoms with Gasteiger partial charge in [0, 0.05) is 33.2 Å². The van der Waals surface area contributed by atoms with Gasteiger partial charge in [-0.15, -0.1) is 0 Å². The zero-order valence-corrected chi connectivity index (χ0v) is 10.9. The van der Waals surface area contributed by atoms with E-state index in [-0.39, 0.29) is 6.10 Å². The van der Waals surface area contributed by atoms with Crippen LogP contribution in [0, 0.1) is 0 Å². The van der Waals surface area contributed by atoms with Crippen molar-refractivity contribution < 1.29 is 4.74 Å². The lowest BCUT2D eigenvalue weighted by atomic mass is 10.0. The van der Waals surface area contributed by atoms with Gasteiger partial charge in [0.15, 0.2) is 5.96 Å². The highest BCUT2D eigenvalue weighted by atomic mass is 16.5. The fourth-order valence-corrected chi connectivity index (χ4v) is 2.66. The first-order valence-corrected chi connectivity index (χ1v) is 6.57. The van der Waals surface area contributed by atoms with Gasteiger partial charge in [0.25, 0.3) is 0 Å². The lowest BCUT2D eigenvalue weighted by Crippen LogP contribution is -2.54. The van der Waals surface area contributed by atoms with E-state index in [1.807, 2.05) is 7.05 Å². The number of hydrogen-bond donors (Lipinski definition) is 2. The molecule has 2 heterocycles. The topological polar surface area (TPSA) is 48.9 Å². The molecule has 2 fully saturated rings. The van der Waals surface area contributed by atoms with E-state index in [4.69, 9.17) is 4.74 Å². The van der Waals surface area contributed by atoms with Gasteiger partial charge in [0.2, 0.25) is 0 Å². The number of fused-ring (bicyclic) bond motifs is 1.